The summed E-state index contributed by atoms with van der Waals surface area (Å²) in [6, 6.07) is 10.7. The second-order valence-electron chi connectivity index (χ2n) is 7.66. The maximum atomic E-state index is 12.5. The third-order valence-electron chi connectivity index (χ3n) is 5.46. The van der Waals surface area contributed by atoms with Crippen molar-refractivity contribution < 1.29 is 9.53 Å². The predicted molar refractivity (Wildman–Crippen MR) is 111 cm³/mol. The van der Waals surface area contributed by atoms with Crippen LogP contribution in [0.1, 0.15) is 17.5 Å². The SMILES string of the molecule is Cc1cncc(N2CC[C@@H](NC(=O)Cc3ccc(N4CCOCC4)cc3)C2)c1. The Morgan fingerprint density at radius 3 is 2.64 bits per heavy atom. The van der Waals surface area contributed by atoms with Gasteiger partial charge in [-0.05, 0) is 42.7 Å². The summed E-state index contributed by atoms with van der Waals surface area (Å²) in [5.41, 5.74) is 4.54. The number of anilines is 2. The molecule has 4 rings (SSSR count). The van der Waals surface area contributed by atoms with E-state index in [0.717, 1.165) is 62.6 Å². The van der Waals surface area contributed by atoms with Crippen LogP contribution in [-0.2, 0) is 16.0 Å². The summed E-state index contributed by atoms with van der Waals surface area (Å²) in [7, 11) is 0. The lowest BCUT2D eigenvalue weighted by molar-refractivity contribution is -0.121. The van der Waals surface area contributed by atoms with Crippen LogP contribution < -0.4 is 15.1 Å². The van der Waals surface area contributed by atoms with Gasteiger partial charge in [-0.1, -0.05) is 12.1 Å². The fourth-order valence-electron chi connectivity index (χ4n) is 3.93. The minimum atomic E-state index is 0.0911. The highest BCUT2D eigenvalue weighted by Gasteiger charge is 2.24. The molecule has 0 aliphatic carbocycles. The van der Waals surface area contributed by atoms with Crippen molar-refractivity contribution in [3.63, 3.8) is 0 Å². The molecule has 1 amide bonds. The van der Waals surface area contributed by atoms with Gasteiger partial charge in [-0.2, -0.15) is 0 Å². The van der Waals surface area contributed by atoms with Crippen LogP contribution in [0.2, 0.25) is 0 Å². The van der Waals surface area contributed by atoms with Crippen molar-refractivity contribution in [2.75, 3.05) is 49.2 Å². The van der Waals surface area contributed by atoms with Crippen LogP contribution >= 0.6 is 0 Å². The van der Waals surface area contributed by atoms with Crippen molar-refractivity contribution in [2.24, 2.45) is 0 Å². The van der Waals surface area contributed by atoms with E-state index in [0.29, 0.717) is 6.42 Å². The maximum Gasteiger partial charge on any atom is 0.224 e. The molecule has 2 aliphatic rings. The normalized spacial score (nSPS) is 19.7. The molecule has 1 N–H and O–H groups in total. The Kier molecular flexibility index (Phi) is 5.76. The molecule has 0 spiro atoms. The van der Waals surface area contributed by atoms with E-state index >= 15 is 0 Å². The van der Waals surface area contributed by atoms with E-state index in [4.69, 9.17) is 4.74 Å². The molecule has 6 heteroatoms. The molecule has 1 aromatic carbocycles. The van der Waals surface area contributed by atoms with E-state index in [1.165, 1.54) is 5.69 Å². The quantitative estimate of drug-likeness (QED) is 0.862. The van der Waals surface area contributed by atoms with Gasteiger partial charge in [0.2, 0.25) is 5.91 Å². The minimum absolute atomic E-state index is 0.0911. The number of nitrogens with one attached hydrogen (secondary N) is 1. The number of carbonyl (C=O) groups is 1. The first kappa shape index (κ1) is 18.7. The van der Waals surface area contributed by atoms with Crippen LogP contribution in [0.15, 0.2) is 42.7 Å². The van der Waals surface area contributed by atoms with Crippen molar-refractivity contribution >= 4 is 17.3 Å². The average molecular weight is 380 g/mol. The zero-order chi connectivity index (χ0) is 19.3. The van der Waals surface area contributed by atoms with E-state index in [2.05, 4.69) is 57.4 Å². The van der Waals surface area contributed by atoms with Gasteiger partial charge in [0, 0.05) is 44.1 Å². The van der Waals surface area contributed by atoms with Gasteiger partial charge in [0.1, 0.15) is 0 Å². The van der Waals surface area contributed by atoms with Crippen LogP contribution in [0.4, 0.5) is 11.4 Å². The summed E-state index contributed by atoms with van der Waals surface area (Å²) < 4.78 is 5.40. The Hall–Kier alpha value is -2.60. The molecule has 6 nitrogen and oxygen atoms in total. The molecule has 0 bridgehead atoms. The summed E-state index contributed by atoms with van der Waals surface area (Å²) in [4.78, 5) is 21.4. The Balaban J connectivity index is 1.27. The van der Waals surface area contributed by atoms with Crippen molar-refractivity contribution in [1.82, 2.24) is 10.3 Å². The van der Waals surface area contributed by atoms with Gasteiger partial charge in [0.05, 0.1) is 31.5 Å². The van der Waals surface area contributed by atoms with Gasteiger partial charge in [-0.3, -0.25) is 9.78 Å². The van der Waals surface area contributed by atoms with Crippen molar-refractivity contribution in [1.29, 1.82) is 0 Å². The number of aromatic nitrogens is 1. The van der Waals surface area contributed by atoms with E-state index < -0.39 is 0 Å². The third-order valence-corrected chi connectivity index (χ3v) is 5.46. The topological polar surface area (TPSA) is 57.7 Å². The molecule has 1 atom stereocenters. The number of amides is 1. The predicted octanol–water partition coefficient (Wildman–Crippen LogP) is 2.16. The molecular weight excluding hydrogens is 352 g/mol. The number of aryl methyl sites for hydroxylation is 1. The Morgan fingerprint density at radius 1 is 1.11 bits per heavy atom. The molecule has 0 radical (unpaired) electrons. The maximum absolute atomic E-state index is 12.5. The number of morpholine rings is 1. The van der Waals surface area contributed by atoms with E-state index in [1.807, 2.05) is 12.4 Å². The largest absolute Gasteiger partial charge is 0.378 e. The summed E-state index contributed by atoms with van der Waals surface area (Å²) in [5, 5.41) is 3.19. The monoisotopic (exact) mass is 380 g/mol. The van der Waals surface area contributed by atoms with Crippen LogP contribution in [-0.4, -0.2) is 56.3 Å². The fourth-order valence-corrected chi connectivity index (χ4v) is 3.93. The van der Waals surface area contributed by atoms with E-state index in [9.17, 15) is 4.79 Å². The summed E-state index contributed by atoms with van der Waals surface area (Å²) in [6.45, 7) is 7.25. The molecule has 2 saturated heterocycles. The van der Waals surface area contributed by atoms with Gasteiger partial charge < -0.3 is 19.9 Å². The molecule has 1 aromatic heterocycles. The van der Waals surface area contributed by atoms with Crippen LogP contribution in [0.3, 0.4) is 0 Å². The standard InChI is InChI=1S/C22H28N4O2/c1-17-12-21(15-23-14-17)26-7-6-19(16-26)24-22(27)13-18-2-4-20(5-3-18)25-8-10-28-11-9-25/h2-5,12,14-15,19H,6-11,13,16H2,1H3,(H,24,27)/t19-/m1/s1. The smallest absolute Gasteiger partial charge is 0.224 e. The lowest BCUT2D eigenvalue weighted by Crippen LogP contribution is -2.38. The molecule has 0 unspecified atom stereocenters. The molecule has 28 heavy (non-hydrogen) atoms. The number of ether oxygens (including phenoxy) is 1. The lowest BCUT2D eigenvalue weighted by Gasteiger charge is -2.28. The van der Waals surface area contributed by atoms with Crippen molar-refractivity contribution in [3.05, 3.63) is 53.9 Å². The summed E-state index contributed by atoms with van der Waals surface area (Å²) in [6.07, 6.45) is 5.15. The molecule has 0 saturated carbocycles. The van der Waals surface area contributed by atoms with Crippen LogP contribution in [0.25, 0.3) is 0 Å². The van der Waals surface area contributed by atoms with Gasteiger partial charge in [0.15, 0.2) is 0 Å². The molecule has 2 aliphatic heterocycles. The Bertz CT molecular complexity index is 802. The van der Waals surface area contributed by atoms with Crippen molar-refractivity contribution in [2.45, 2.75) is 25.8 Å². The van der Waals surface area contributed by atoms with Gasteiger partial charge in [0.25, 0.3) is 0 Å². The number of rotatable bonds is 5. The van der Waals surface area contributed by atoms with Crippen LogP contribution in [0, 0.1) is 6.92 Å². The number of benzene rings is 1. The first-order valence-electron chi connectivity index (χ1n) is 10.0. The second kappa shape index (κ2) is 8.61. The third kappa shape index (κ3) is 4.62. The second-order valence-corrected chi connectivity index (χ2v) is 7.66. The van der Waals surface area contributed by atoms with Gasteiger partial charge in [-0.25, -0.2) is 0 Å². The fraction of sp³-hybridized carbons (Fsp3) is 0.455. The van der Waals surface area contributed by atoms with Gasteiger partial charge in [-0.15, -0.1) is 0 Å². The zero-order valence-corrected chi connectivity index (χ0v) is 16.4. The Morgan fingerprint density at radius 2 is 1.89 bits per heavy atom. The summed E-state index contributed by atoms with van der Waals surface area (Å²) in [5.74, 6) is 0.0911. The lowest BCUT2D eigenvalue weighted by atomic mass is 10.1. The molecular formula is C22H28N4O2. The zero-order valence-electron chi connectivity index (χ0n) is 16.4. The number of hydrogen-bond acceptors (Lipinski definition) is 5. The summed E-state index contributed by atoms with van der Waals surface area (Å²) >= 11 is 0. The number of pyridine rings is 1. The van der Waals surface area contributed by atoms with Crippen LogP contribution in [0.5, 0.6) is 0 Å². The minimum Gasteiger partial charge on any atom is -0.378 e. The first-order chi connectivity index (χ1) is 13.7. The highest BCUT2D eigenvalue weighted by Crippen LogP contribution is 2.21. The number of hydrogen-bond donors (Lipinski definition) is 1. The number of carbonyl (C=O) groups excluding carboxylic acids is 1. The molecule has 2 fully saturated rings. The average Bonchev–Trinajstić information content (AvgIpc) is 3.17. The van der Waals surface area contributed by atoms with E-state index in [1.54, 1.807) is 0 Å². The number of nitrogens with zero attached hydrogens (tertiary/aromatic N) is 3. The molecule has 2 aromatic rings. The highest BCUT2D eigenvalue weighted by atomic mass is 16.5. The van der Waals surface area contributed by atoms with Crippen molar-refractivity contribution in [3.8, 4) is 0 Å². The highest BCUT2D eigenvalue weighted by molar-refractivity contribution is 5.79. The molecule has 148 valence electrons. The van der Waals surface area contributed by atoms with E-state index in [-0.39, 0.29) is 11.9 Å². The van der Waals surface area contributed by atoms with Gasteiger partial charge >= 0.3 is 0 Å². The first-order valence-corrected chi connectivity index (χ1v) is 10.0. The Labute approximate surface area is 166 Å². The molecule has 3 heterocycles.